The quantitative estimate of drug-likeness (QED) is 0.288. The molecule has 0 bridgehead atoms. The van der Waals surface area contributed by atoms with E-state index >= 15 is 0 Å². The van der Waals surface area contributed by atoms with Crippen LogP contribution in [0.25, 0.3) is 0 Å². The number of unbranched alkanes of at least 4 members (excludes halogenated alkanes) is 2. The van der Waals surface area contributed by atoms with Gasteiger partial charge in [-0.05, 0) is 38.3 Å². The first kappa shape index (κ1) is 17.6. The van der Waals surface area contributed by atoms with Gasteiger partial charge in [-0.25, -0.2) is 0 Å². The van der Waals surface area contributed by atoms with Gasteiger partial charge in [0, 0.05) is 40.0 Å². The van der Waals surface area contributed by atoms with Gasteiger partial charge in [0.1, 0.15) is 0 Å². The molecule has 0 saturated heterocycles. The zero-order chi connectivity index (χ0) is 14.3. The fourth-order valence-electron chi connectivity index (χ4n) is 1.47. The second kappa shape index (κ2) is 13.0. The summed E-state index contributed by atoms with van der Waals surface area (Å²) in [7, 11) is 5.98. The normalized spacial score (nSPS) is 9.95. The van der Waals surface area contributed by atoms with E-state index in [1.165, 1.54) is 0 Å². The fourth-order valence-corrected chi connectivity index (χ4v) is 1.47. The number of aliphatic imine (C=N–C) groups is 1. The summed E-state index contributed by atoms with van der Waals surface area (Å²) in [5.74, 6) is 11.9. The van der Waals surface area contributed by atoms with Crippen LogP contribution in [0.2, 0.25) is 0 Å². The van der Waals surface area contributed by atoms with Gasteiger partial charge >= 0.3 is 0 Å². The fraction of sp³-hybridized carbons (Fsp3) is 0.688. The van der Waals surface area contributed by atoms with Gasteiger partial charge in [0.25, 0.3) is 0 Å². The van der Waals surface area contributed by atoms with Crippen molar-refractivity contribution >= 4 is 6.34 Å². The molecule has 106 valence electrons. The van der Waals surface area contributed by atoms with Gasteiger partial charge in [-0.3, -0.25) is 4.99 Å². The minimum atomic E-state index is 0.928. The molecule has 3 heteroatoms. The second-order valence-corrected chi connectivity index (χ2v) is 4.61. The highest BCUT2D eigenvalue weighted by atomic mass is 15.2. The first-order valence-electron chi connectivity index (χ1n) is 6.97. The first-order chi connectivity index (χ1) is 9.20. The Morgan fingerprint density at radius 1 is 1.00 bits per heavy atom. The van der Waals surface area contributed by atoms with Crippen LogP contribution in [0.1, 0.15) is 32.6 Å². The van der Waals surface area contributed by atoms with Gasteiger partial charge in [-0.1, -0.05) is 18.8 Å². The highest BCUT2D eigenvalue weighted by Crippen LogP contribution is 1.92. The number of likely N-dealkylation sites (N-methyl/N-ethyl adjacent to an activating group) is 2. The molecule has 0 heterocycles. The zero-order valence-corrected chi connectivity index (χ0v) is 12.9. The lowest BCUT2D eigenvalue weighted by Crippen LogP contribution is -2.30. The molecule has 0 unspecified atom stereocenters. The van der Waals surface area contributed by atoms with Crippen LogP contribution in [0.3, 0.4) is 0 Å². The van der Waals surface area contributed by atoms with Gasteiger partial charge in [0.2, 0.25) is 0 Å². The van der Waals surface area contributed by atoms with E-state index in [0.29, 0.717) is 0 Å². The Bertz CT molecular complexity index is 352. The van der Waals surface area contributed by atoms with E-state index in [1.54, 1.807) is 7.05 Å². The van der Waals surface area contributed by atoms with E-state index in [4.69, 9.17) is 0 Å². The second-order valence-electron chi connectivity index (χ2n) is 4.61. The van der Waals surface area contributed by atoms with Crippen LogP contribution in [0.5, 0.6) is 0 Å². The Morgan fingerprint density at radius 2 is 1.68 bits per heavy atom. The van der Waals surface area contributed by atoms with Crippen LogP contribution >= 0.6 is 0 Å². The summed E-state index contributed by atoms with van der Waals surface area (Å²) in [6.45, 7) is 5.25. The Balaban J connectivity index is 3.58. The molecular formula is C16H27N3. The Kier molecular flexibility index (Phi) is 12.0. The van der Waals surface area contributed by atoms with Crippen molar-refractivity contribution in [1.82, 2.24) is 9.80 Å². The predicted octanol–water partition coefficient (Wildman–Crippen LogP) is 2.10. The Hall–Kier alpha value is -1.45. The van der Waals surface area contributed by atoms with Crippen molar-refractivity contribution < 1.29 is 0 Å². The largest absolute Gasteiger partial charge is 0.365 e. The third-order valence-electron chi connectivity index (χ3n) is 2.60. The molecule has 19 heavy (non-hydrogen) atoms. The van der Waals surface area contributed by atoms with Gasteiger partial charge in [-0.2, -0.15) is 0 Å². The smallest absolute Gasteiger partial charge is 0.0844 e. The van der Waals surface area contributed by atoms with Crippen LogP contribution in [0.15, 0.2) is 4.99 Å². The zero-order valence-electron chi connectivity index (χ0n) is 12.9. The highest BCUT2D eigenvalue weighted by Gasteiger charge is 1.98. The van der Waals surface area contributed by atoms with E-state index in [9.17, 15) is 0 Å². The number of hydrogen-bond acceptors (Lipinski definition) is 2. The summed E-state index contributed by atoms with van der Waals surface area (Å²) >= 11 is 0. The molecule has 0 spiro atoms. The summed E-state index contributed by atoms with van der Waals surface area (Å²) in [4.78, 5) is 8.40. The summed E-state index contributed by atoms with van der Waals surface area (Å²) < 4.78 is 0. The van der Waals surface area contributed by atoms with Crippen molar-refractivity contribution in [1.29, 1.82) is 0 Å². The van der Waals surface area contributed by atoms with Gasteiger partial charge < -0.3 is 9.80 Å². The predicted molar refractivity (Wildman–Crippen MR) is 84.2 cm³/mol. The molecule has 0 aromatic carbocycles. The van der Waals surface area contributed by atoms with Crippen molar-refractivity contribution in [3.05, 3.63) is 0 Å². The summed E-state index contributed by atoms with van der Waals surface area (Å²) in [6.07, 6.45) is 5.94. The lowest BCUT2D eigenvalue weighted by molar-refractivity contribution is 0.305. The molecular weight excluding hydrogens is 234 g/mol. The number of rotatable bonds is 8. The lowest BCUT2D eigenvalue weighted by atomic mass is 10.3. The van der Waals surface area contributed by atoms with Crippen molar-refractivity contribution in [2.75, 3.05) is 40.8 Å². The van der Waals surface area contributed by atoms with Crippen molar-refractivity contribution in [3.8, 4) is 23.7 Å². The number of nitrogens with zero attached hydrogens (tertiary/aromatic N) is 3. The van der Waals surface area contributed by atoms with Crippen LogP contribution in [-0.2, 0) is 0 Å². The van der Waals surface area contributed by atoms with Gasteiger partial charge in [0.15, 0.2) is 0 Å². The van der Waals surface area contributed by atoms with Crippen LogP contribution < -0.4 is 0 Å². The molecule has 3 nitrogen and oxygen atoms in total. The van der Waals surface area contributed by atoms with Gasteiger partial charge in [0.05, 0.1) is 6.34 Å². The third-order valence-corrected chi connectivity index (χ3v) is 2.60. The van der Waals surface area contributed by atoms with Crippen molar-refractivity contribution in [3.63, 3.8) is 0 Å². The van der Waals surface area contributed by atoms with E-state index < -0.39 is 0 Å². The molecule has 0 amide bonds. The average Bonchev–Trinajstić information content (AvgIpc) is 2.40. The maximum absolute atomic E-state index is 3.98. The average molecular weight is 261 g/mol. The van der Waals surface area contributed by atoms with Crippen LogP contribution in [-0.4, -0.2) is 56.9 Å². The molecule has 0 saturated carbocycles. The number of hydrogen-bond donors (Lipinski definition) is 0. The summed E-state index contributed by atoms with van der Waals surface area (Å²) in [6, 6.07) is 0. The topological polar surface area (TPSA) is 18.8 Å². The van der Waals surface area contributed by atoms with E-state index in [1.807, 2.05) is 13.4 Å². The monoisotopic (exact) mass is 261 g/mol. The highest BCUT2D eigenvalue weighted by molar-refractivity contribution is 5.53. The molecule has 0 aliphatic heterocycles. The van der Waals surface area contributed by atoms with Crippen LogP contribution in [0, 0.1) is 23.7 Å². The molecule has 0 aliphatic rings. The van der Waals surface area contributed by atoms with Crippen LogP contribution in [0.4, 0.5) is 0 Å². The molecule has 0 atom stereocenters. The van der Waals surface area contributed by atoms with E-state index in [0.717, 1.165) is 45.3 Å². The maximum Gasteiger partial charge on any atom is 0.0844 e. The molecule has 0 aromatic rings. The van der Waals surface area contributed by atoms with Gasteiger partial charge in [-0.15, -0.1) is 0 Å². The van der Waals surface area contributed by atoms with Crippen molar-refractivity contribution in [2.45, 2.75) is 32.6 Å². The standard InChI is InChI=1S/C16H27N3/c1-5-6-7-8-9-10-11-12-13-18(3)14-15-19(4)16-17-2/h16H,5-6,11-15H2,1-4H3. The molecule has 0 radical (unpaired) electrons. The molecule has 0 N–H and O–H groups in total. The maximum atomic E-state index is 3.98. The summed E-state index contributed by atoms with van der Waals surface area (Å²) in [5, 5.41) is 0. The molecule has 0 aliphatic carbocycles. The lowest BCUT2D eigenvalue weighted by Gasteiger charge is -2.19. The minimum Gasteiger partial charge on any atom is -0.365 e. The molecule has 0 fully saturated rings. The summed E-state index contributed by atoms with van der Waals surface area (Å²) in [5.41, 5.74) is 0. The Labute approximate surface area is 119 Å². The Morgan fingerprint density at radius 3 is 2.32 bits per heavy atom. The molecule has 0 rings (SSSR count). The van der Waals surface area contributed by atoms with E-state index in [2.05, 4.69) is 52.4 Å². The van der Waals surface area contributed by atoms with Crippen molar-refractivity contribution in [2.24, 2.45) is 4.99 Å². The SMILES string of the molecule is CCCC#CC#CCCCN(C)CCN(C)C=NC. The minimum absolute atomic E-state index is 0.928. The molecule has 0 aromatic heterocycles. The van der Waals surface area contributed by atoms with E-state index in [-0.39, 0.29) is 0 Å². The first-order valence-corrected chi connectivity index (χ1v) is 6.97. The third kappa shape index (κ3) is 12.8.